The Morgan fingerprint density at radius 2 is 1.75 bits per heavy atom. The van der Waals surface area contributed by atoms with E-state index in [4.69, 9.17) is 9.47 Å². The number of ether oxygens (including phenoxy) is 2. The zero-order chi connectivity index (χ0) is 20.1. The molecule has 2 aliphatic rings. The Labute approximate surface area is 165 Å². The summed E-state index contributed by atoms with van der Waals surface area (Å²) in [6.07, 6.45) is 0.741. The lowest BCUT2D eigenvalue weighted by molar-refractivity contribution is -0.123. The van der Waals surface area contributed by atoms with Crippen molar-refractivity contribution in [3.63, 3.8) is 0 Å². The van der Waals surface area contributed by atoms with Gasteiger partial charge in [-0.05, 0) is 37.6 Å². The lowest BCUT2D eigenvalue weighted by Crippen LogP contribution is -2.54. The summed E-state index contributed by atoms with van der Waals surface area (Å²) in [7, 11) is 0. The third-order valence-electron chi connectivity index (χ3n) is 4.97. The van der Waals surface area contributed by atoms with Crippen LogP contribution in [0, 0.1) is 0 Å². The van der Waals surface area contributed by atoms with E-state index >= 15 is 0 Å². The molecule has 152 valence electrons. The molecule has 0 saturated carbocycles. The highest BCUT2D eigenvalue weighted by atomic mass is 16.6. The van der Waals surface area contributed by atoms with Gasteiger partial charge in [0.05, 0.1) is 31.4 Å². The van der Waals surface area contributed by atoms with Gasteiger partial charge in [-0.15, -0.1) is 0 Å². The Hall–Kier alpha value is -2.61. The van der Waals surface area contributed by atoms with Crippen LogP contribution in [0.2, 0.25) is 0 Å². The number of benzene rings is 1. The Bertz CT molecular complexity index is 713. The fourth-order valence-corrected chi connectivity index (χ4v) is 3.51. The number of amides is 3. The number of anilines is 1. The molecule has 2 heterocycles. The van der Waals surface area contributed by atoms with Crippen molar-refractivity contribution in [2.45, 2.75) is 32.7 Å². The van der Waals surface area contributed by atoms with Crippen LogP contribution in [0.1, 0.15) is 26.7 Å². The van der Waals surface area contributed by atoms with E-state index in [1.807, 2.05) is 11.8 Å². The number of piperazine rings is 1. The Kier molecular flexibility index (Phi) is 6.51. The molecule has 3 rings (SSSR count). The molecule has 0 aromatic heterocycles. The van der Waals surface area contributed by atoms with Crippen molar-refractivity contribution in [1.82, 2.24) is 9.80 Å². The monoisotopic (exact) mass is 389 g/mol. The van der Waals surface area contributed by atoms with Gasteiger partial charge in [0.25, 0.3) is 5.91 Å². The van der Waals surface area contributed by atoms with Gasteiger partial charge in [-0.3, -0.25) is 14.5 Å². The van der Waals surface area contributed by atoms with Crippen molar-refractivity contribution in [1.29, 1.82) is 0 Å². The zero-order valence-electron chi connectivity index (χ0n) is 16.4. The van der Waals surface area contributed by atoms with Gasteiger partial charge in [0.15, 0.2) is 0 Å². The van der Waals surface area contributed by atoms with Crippen molar-refractivity contribution in [3.8, 4) is 5.75 Å². The van der Waals surface area contributed by atoms with Gasteiger partial charge in [0, 0.05) is 26.2 Å². The summed E-state index contributed by atoms with van der Waals surface area (Å²) in [5.74, 6) is 0.304. The number of imide groups is 1. The molecule has 1 aromatic rings. The molecule has 3 amide bonds. The molecule has 2 fully saturated rings. The molecule has 0 bridgehead atoms. The van der Waals surface area contributed by atoms with Gasteiger partial charge in [-0.1, -0.05) is 6.92 Å². The van der Waals surface area contributed by atoms with E-state index < -0.39 is 6.04 Å². The lowest BCUT2D eigenvalue weighted by Gasteiger charge is -2.36. The van der Waals surface area contributed by atoms with Gasteiger partial charge in [0.1, 0.15) is 5.75 Å². The van der Waals surface area contributed by atoms with Gasteiger partial charge in [-0.25, -0.2) is 9.69 Å². The maximum absolute atomic E-state index is 12.9. The summed E-state index contributed by atoms with van der Waals surface area (Å²) < 4.78 is 10.6. The second kappa shape index (κ2) is 9.05. The number of carbonyl (C=O) groups is 3. The molecular formula is C20H27N3O5. The first-order chi connectivity index (χ1) is 13.5. The quantitative estimate of drug-likeness (QED) is 0.691. The van der Waals surface area contributed by atoms with E-state index in [1.54, 1.807) is 36.1 Å². The highest BCUT2D eigenvalue weighted by Crippen LogP contribution is 2.28. The van der Waals surface area contributed by atoms with Crippen LogP contribution < -0.4 is 9.64 Å². The molecule has 0 spiro atoms. The van der Waals surface area contributed by atoms with E-state index in [2.05, 4.69) is 0 Å². The standard InChI is InChI=1S/C20H27N3O5/c1-3-13-28-16-7-5-15(6-8-16)23-18(24)14-17(19(23)25)21-9-11-22(12-10-21)20(26)27-4-2/h5-8,17H,3-4,9-14H2,1-2H3. The third-order valence-corrected chi connectivity index (χ3v) is 4.97. The molecule has 1 atom stereocenters. The Morgan fingerprint density at radius 1 is 1.07 bits per heavy atom. The average Bonchev–Trinajstić information content (AvgIpc) is 3.01. The van der Waals surface area contributed by atoms with Crippen LogP contribution in [0.3, 0.4) is 0 Å². The molecule has 0 aliphatic carbocycles. The van der Waals surface area contributed by atoms with Crippen LogP contribution in [0.5, 0.6) is 5.75 Å². The average molecular weight is 389 g/mol. The maximum atomic E-state index is 12.9. The van der Waals surface area contributed by atoms with E-state index in [1.165, 1.54) is 4.90 Å². The maximum Gasteiger partial charge on any atom is 0.409 e. The summed E-state index contributed by atoms with van der Waals surface area (Å²) in [5, 5.41) is 0. The van der Waals surface area contributed by atoms with Gasteiger partial charge in [-0.2, -0.15) is 0 Å². The molecular weight excluding hydrogens is 362 g/mol. The first-order valence-electron chi connectivity index (χ1n) is 9.80. The van der Waals surface area contributed by atoms with Crippen molar-refractivity contribution in [3.05, 3.63) is 24.3 Å². The van der Waals surface area contributed by atoms with E-state index in [-0.39, 0.29) is 24.3 Å². The fraction of sp³-hybridized carbons (Fsp3) is 0.550. The minimum absolute atomic E-state index is 0.159. The first kappa shape index (κ1) is 20.1. The van der Waals surface area contributed by atoms with Crippen molar-refractivity contribution >= 4 is 23.6 Å². The molecule has 2 saturated heterocycles. The summed E-state index contributed by atoms with van der Waals surface area (Å²) in [6.45, 7) is 6.82. The molecule has 0 N–H and O–H groups in total. The molecule has 8 nitrogen and oxygen atoms in total. The molecule has 8 heteroatoms. The van der Waals surface area contributed by atoms with Gasteiger partial charge < -0.3 is 14.4 Å². The predicted molar refractivity (Wildman–Crippen MR) is 103 cm³/mol. The Morgan fingerprint density at radius 3 is 2.36 bits per heavy atom. The minimum atomic E-state index is -0.479. The number of hydrogen-bond acceptors (Lipinski definition) is 6. The van der Waals surface area contributed by atoms with E-state index in [0.29, 0.717) is 45.1 Å². The summed E-state index contributed by atoms with van der Waals surface area (Å²) >= 11 is 0. The fourth-order valence-electron chi connectivity index (χ4n) is 3.51. The van der Waals surface area contributed by atoms with Crippen LogP contribution in [0.15, 0.2) is 24.3 Å². The van der Waals surface area contributed by atoms with Crippen LogP contribution in [0.4, 0.5) is 10.5 Å². The molecule has 2 aliphatic heterocycles. The third kappa shape index (κ3) is 4.27. The van der Waals surface area contributed by atoms with Crippen LogP contribution in [0.25, 0.3) is 0 Å². The molecule has 1 aromatic carbocycles. The first-order valence-corrected chi connectivity index (χ1v) is 9.80. The van der Waals surface area contributed by atoms with E-state index in [9.17, 15) is 14.4 Å². The second-order valence-electron chi connectivity index (χ2n) is 6.85. The molecule has 28 heavy (non-hydrogen) atoms. The number of carbonyl (C=O) groups excluding carboxylic acids is 3. The van der Waals surface area contributed by atoms with Gasteiger partial charge >= 0.3 is 6.09 Å². The second-order valence-corrected chi connectivity index (χ2v) is 6.85. The highest BCUT2D eigenvalue weighted by molar-refractivity contribution is 6.22. The summed E-state index contributed by atoms with van der Waals surface area (Å²) in [4.78, 5) is 42.1. The summed E-state index contributed by atoms with van der Waals surface area (Å²) in [5.41, 5.74) is 0.562. The van der Waals surface area contributed by atoms with Crippen molar-refractivity contribution in [2.75, 3.05) is 44.3 Å². The minimum Gasteiger partial charge on any atom is -0.494 e. The molecule has 1 unspecified atom stereocenters. The number of rotatable bonds is 6. The lowest BCUT2D eigenvalue weighted by atomic mass is 10.2. The predicted octanol–water partition coefficient (Wildman–Crippen LogP) is 1.88. The van der Waals surface area contributed by atoms with E-state index in [0.717, 1.165) is 12.2 Å². The normalized spacial score (nSPS) is 20.6. The zero-order valence-corrected chi connectivity index (χ0v) is 16.4. The SMILES string of the molecule is CCCOc1ccc(N2C(=O)CC(N3CCN(C(=O)OCC)CC3)C2=O)cc1. The van der Waals surface area contributed by atoms with Crippen molar-refractivity contribution in [2.24, 2.45) is 0 Å². The largest absolute Gasteiger partial charge is 0.494 e. The smallest absolute Gasteiger partial charge is 0.409 e. The summed E-state index contributed by atoms with van der Waals surface area (Å²) in [6, 6.07) is 6.55. The van der Waals surface area contributed by atoms with Crippen LogP contribution in [-0.2, 0) is 14.3 Å². The highest BCUT2D eigenvalue weighted by Gasteiger charge is 2.43. The Balaban J connectivity index is 1.62. The van der Waals surface area contributed by atoms with Crippen LogP contribution >= 0.6 is 0 Å². The molecule has 0 radical (unpaired) electrons. The number of hydrogen-bond donors (Lipinski definition) is 0. The topological polar surface area (TPSA) is 79.4 Å². The van der Waals surface area contributed by atoms with Crippen LogP contribution in [-0.4, -0.2) is 73.1 Å². The van der Waals surface area contributed by atoms with Crippen molar-refractivity contribution < 1.29 is 23.9 Å². The number of nitrogens with zero attached hydrogens (tertiary/aromatic N) is 3. The van der Waals surface area contributed by atoms with Gasteiger partial charge in [0.2, 0.25) is 5.91 Å².